The number of piperidine rings is 2. The third-order valence-corrected chi connectivity index (χ3v) is 19.0. The van der Waals surface area contributed by atoms with Gasteiger partial charge in [0.1, 0.15) is 11.6 Å². The van der Waals surface area contributed by atoms with Crippen molar-refractivity contribution >= 4 is 34.3 Å². The van der Waals surface area contributed by atoms with Crippen LogP contribution in [0.1, 0.15) is 172 Å². The number of benzene rings is 6. The molecule has 478 valence electrons. The lowest BCUT2D eigenvalue weighted by Gasteiger charge is -2.46. The second-order valence-corrected chi connectivity index (χ2v) is 26.7. The van der Waals surface area contributed by atoms with Crippen molar-refractivity contribution in [2.45, 2.75) is 139 Å². The standard InChI is InChI=1S/C42H48FN.C41H45FN4.C2H6/c1-28(2)13-17-39(35-10-8-11-36(43)25-35)38-18-16-33(23-30(38)4)27-44-21-19-34(20-22-44)40-26-41(37-12-7-6-9-29(37)3)42(40)31(5)24-32-14-15-32;1-28(2)23-35-25-32(16-17-37(35)40(43)34-12-10-13-36(42)26-34)27-46-21-18-33(19-22-46)41(45-39-15-7-6-11-29(39)3)31(5)24-30(4)38-14-8-9-20-44-38;1-2/h6-12,16-18,23,25-26,32,34,40,42H,1,5,13-15,19-22,24,27H2,2-4H3;6-17,20,23,25-26,30,33,43H,5,18-19,21-22,24,27H2,1-4H3;1-2H3/b39-17-;;. The smallest absolute Gasteiger partial charge is 0.123 e. The molecule has 6 aromatic carbocycles. The molecule has 1 aromatic heterocycles. The number of likely N-dealkylation sites (tertiary alicyclic amines) is 2. The van der Waals surface area contributed by atoms with Crippen molar-refractivity contribution < 1.29 is 8.78 Å². The predicted molar refractivity (Wildman–Crippen MR) is 387 cm³/mol. The van der Waals surface area contributed by atoms with Crippen molar-refractivity contribution in [2.24, 2.45) is 34.6 Å². The summed E-state index contributed by atoms with van der Waals surface area (Å²) in [5, 5.41) is 8.83. The van der Waals surface area contributed by atoms with Gasteiger partial charge in [-0.15, -0.1) is 0 Å². The molecular formula is C85H99F2N5. The summed E-state index contributed by atoms with van der Waals surface area (Å²) in [5.74, 6) is 2.83. The van der Waals surface area contributed by atoms with E-state index < -0.39 is 0 Å². The van der Waals surface area contributed by atoms with E-state index >= 15 is 0 Å². The van der Waals surface area contributed by atoms with Gasteiger partial charge in [0.2, 0.25) is 0 Å². The first-order valence-electron chi connectivity index (χ1n) is 33.9. The molecule has 1 N–H and O–H groups in total. The Bertz CT molecular complexity index is 3840. The highest BCUT2D eigenvalue weighted by Gasteiger charge is 2.42. The fourth-order valence-electron chi connectivity index (χ4n) is 13.9. The van der Waals surface area contributed by atoms with E-state index in [4.69, 9.17) is 10.4 Å². The van der Waals surface area contributed by atoms with Crippen LogP contribution in [0.25, 0.3) is 17.2 Å². The summed E-state index contributed by atoms with van der Waals surface area (Å²) in [4.78, 5) is 15.0. The summed E-state index contributed by atoms with van der Waals surface area (Å²) in [6.07, 6.45) is 18.9. The van der Waals surface area contributed by atoms with Crippen LogP contribution in [-0.2, 0) is 13.1 Å². The van der Waals surface area contributed by atoms with Crippen LogP contribution in [0.3, 0.4) is 0 Å². The number of allylic oxidation sites excluding steroid dienone is 7. The summed E-state index contributed by atoms with van der Waals surface area (Å²) in [6.45, 7) is 38.3. The average Bonchev–Trinajstić information content (AvgIpc) is 0.948. The Morgan fingerprint density at radius 1 is 0.663 bits per heavy atom. The van der Waals surface area contributed by atoms with Crippen molar-refractivity contribution in [3.63, 3.8) is 0 Å². The molecule has 5 nitrogen and oxygen atoms in total. The number of rotatable bonds is 22. The van der Waals surface area contributed by atoms with Crippen molar-refractivity contribution in [3.8, 4) is 0 Å². The van der Waals surface area contributed by atoms with Gasteiger partial charge in [-0.2, -0.15) is 0 Å². The summed E-state index contributed by atoms with van der Waals surface area (Å²) in [5.41, 5.74) is 23.2. The van der Waals surface area contributed by atoms with Gasteiger partial charge < -0.3 is 0 Å². The number of para-hydroxylation sites is 1. The molecule has 0 spiro atoms. The van der Waals surface area contributed by atoms with Crippen LogP contribution in [0.2, 0.25) is 0 Å². The fourth-order valence-corrected chi connectivity index (χ4v) is 13.9. The summed E-state index contributed by atoms with van der Waals surface area (Å²) in [7, 11) is 0. The maximum absolute atomic E-state index is 14.1. The fraction of sp³-hybridized carbons (Fsp3) is 0.353. The zero-order valence-electron chi connectivity index (χ0n) is 56.5. The molecule has 11 rings (SSSR count). The van der Waals surface area contributed by atoms with E-state index in [0.29, 0.717) is 29.0 Å². The lowest BCUT2D eigenvalue weighted by molar-refractivity contribution is 0.141. The minimum Gasteiger partial charge on any atom is -0.300 e. The number of hydrogen-bond donors (Lipinski definition) is 1. The van der Waals surface area contributed by atoms with E-state index in [1.54, 1.807) is 24.3 Å². The Morgan fingerprint density at radius 3 is 1.88 bits per heavy atom. The van der Waals surface area contributed by atoms with E-state index in [1.807, 2.05) is 51.2 Å². The Balaban J connectivity index is 0.000000212. The van der Waals surface area contributed by atoms with Crippen LogP contribution in [0.5, 0.6) is 0 Å². The van der Waals surface area contributed by atoms with Crippen LogP contribution < -0.4 is 0 Å². The van der Waals surface area contributed by atoms with Crippen LogP contribution >= 0.6 is 0 Å². The van der Waals surface area contributed by atoms with Gasteiger partial charge in [-0.25, -0.2) is 8.78 Å². The van der Waals surface area contributed by atoms with E-state index in [1.165, 1.54) is 94.8 Å². The second kappa shape index (κ2) is 32.5. The minimum absolute atomic E-state index is 0.205. The zero-order chi connectivity index (χ0) is 65.4. The number of aromatic nitrogens is 1. The largest absolute Gasteiger partial charge is 0.300 e. The molecule has 2 saturated heterocycles. The normalized spacial score (nSPS) is 17.6. The molecule has 3 atom stereocenters. The summed E-state index contributed by atoms with van der Waals surface area (Å²) in [6, 6.07) is 49.7. The molecule has 1 saturated carbocycles. The topological polar surface area (TPSA) is 55.6 Å². The molecule has 7 heteroatoms. The molecule has 0 bridgehead atoms. The maximum atomic E-state index is 14.1. The number of nitrogens with one attached hydrogen (secondary N) is 1. The van der Waals surface area contributed by atoms with Gasteiger partial charge in [0.25, 0.3) is 0 Å². The van der Waals surface area contributed by atoms with E-state index in [0.717, 1.165) is 138 Å². The van der Waals surface area contributed by atoms with Crippen molar-refractivity contribution in [2.75, 3.05) is 26.2 Å². The lowest BCUT2D eigenvalue weighted by atomic mass is 9.61. The number of nitrogens with zero attached hydrogens (tertiary/aromatic N) is 4. The van der Waals surface area contributed by atoms with Gasteiger partial charge in [-0.1, -0.05) is 179 Å². The van der Waals surface area contributed by atoms with Crippen LogP contribution in [0.15, 0.2) is 217 Å². The second-order valence-electron chi connectivity index (χ2n) is 26.7. The molecule has 2 aliphatic heterocycles. The van der Waals surface area contributed by atoms with Crippen molar-refractivity contribution in [3.05, 3.63) is 291 Å². The van der Waals surface area contributed by atoms with E-state index in [-0.39, 0.29) is 17.6 Å². The monoisotopic (exact) mass is 1230 g/mol. The molecule has 3 heterocycles. The summed E-state index contributed by atoms with van der Waals surface area (Å²) >= 11 is 0. The molecule has 3 fully saturated rings. The van der Waals surface area contributed by atoms with Crippen LogP contribution in [0.4, 0.5) is 14.5 Å². The molecule has 7 aromatic rings. The first-order valence-corrected chi connectivity index (χ1v) is 33.9. The molecular weight excluding hydrogens is 1130 g/mol. The van der Waals surface area contributed by atoms with Gasteiger partial charge in [-0.05, 0) is 259 Å². The van der Waals surface area contributed by atoms with E-state index in [9.17, 15) is 8.78 Å². The molecule has 92 heavy (non-hydrogen) atoms. The number of pyridine rings is 1. The third kappa shape index (κ3) is 18.2. The van der Waals surface area contributed by atoms with Crippen molar-refractivity contribution in [1.82, 2.24) is 14.8 Å². The molecule has 0 amide bonds. The first-order chi connectivity index (χ1) is 44.4. The molecule has 4 aliphatic rings. The number of aliphatic imine (C=N–C) groups is 1. The molecule has 2 aliphatic carbocycles. The third-order valence-electron chi connectivity index (χ3n) is 19.0. The summed E-state index contributed by atoms with van der Waals surface area (Å²) < 4.78 is 28.1. The van der Waals surface area contributed by atoms with E-state index in [2.05, 4.69) is 179 Å². The van der Waals surface area contributed by atoms with Gasteiger partial charge in [-0.3, -0.25) is 25.2 Å². The lowest BCUT2D eigenvalue weighted by Crippen LogP contribution is -2.40. The SMILES string of the molecule is C=C(C)C/C=C(/c1cccc(F)c1)c1ccc(CN2CCC(C3C=C(c4ccccc4C)C3C(=C)CC3CC3)CC2)cc1C.C=C(CC(C)c1ccccn1)C(=Nc1ccccc1C)C1CCN(Cc2ccc(C(=N)c3cccc(F)c3)c(C=C(C)C)c2)CC1.CC. The Hall–Kier alpha value is -7.97. The highest BCUT2D eigenvalue weighted by Crippen LogP contribution is 2.53. The Labute approximate surface area is 550 Å². The average molecular weight is 1230 g/mol. The van der Waals surface area contributed by atoms with Crippen LogP contribution in [0, 0.1) is 67.4 Å². The number of halogens is 2. The maximum Gasteiger partial charge on any atom is 0.123 e. The molecule has 3 unspecified atom stereocenters. The van der Waals surface area contributed by atoms with Gasteiger partial charge in [0.15, 0.2) is 0 Å². The minimum atomic E-state index is -0.329. The van der Waals surface area contributed by atoms with Gasteiger partial charge >= 0.3 is 0 Å². The Morgan fingerprint density at radius 2 is 1.27 bits per heavy atom. The highest BCUT2D eigenvalue weighted by molar-refractivity contribution is 6.13. The quantitative estimate of drug-likeness (QED) is 0.0543. The molecule has 0 radical (unpaired) electrons. The van der Waals surface area contributed by atoms with Gasteiger partial charge in [0, 0.05) is 59.6 Å². The Kier molecular flexibility index (Phi) is 24.2. The van der Waals surface area contributed by atoms with Gasteiger partial charge in [0.05, 0.1) is 11.4 Å². The predicted octanol–water partition coefficient (Wildman–Crippen LogP) is 21.9. The first kappa shape index (κ1) is 68.4. The van der Waals surface area contributed by atoms with Crippen LogP contribution in [-0.4, -0.2) is 52.4 Å². The number of hydrogen-bond acceptors (Lipinski definition) is 5. The van der Waals surface area contributed by atoms with Crippen molar-refractivity contribution in [1.29, 1.82) is 5.41 Å². The highest BCUT2D eigenvalue weighted by atomic mass is 19.1. The number of aryl methyl sites for hydroxylation is 3. The zero-order valence-corrected chi connectivity index (χ0v) is 56.5.